The van der Waals surface area contributed by atoms with E-state index in [4.69, 9.17) is 11.6 Å². The molecule has 1 atom stereocenters. The van der Waals surface area contributed by atoms with Gasteiger partial charge in [-0.2, -0.15) is 0 Å². The van der Waals surface area contributed by atoms with E-state index in [1.165, 1.54) is 0 Å². The Balaban J connectivity index is 2.36. The molecule has 0 aliphatic heterocycles. The second kappa shape index (κ2) is 10.1. The van der Waals surface area contributed by atoms with E-state index in [1.54, 1.807) is 11.0 Å². The average Bonchev–Trinajstić information content (AvgIpc) is 2.60. The van der Waals surface area contributed by atoms with Crippen molar-refractivity contribution in [2.24, 2.45) is 0 Å². The van der Waals surface area contributed by atoms with Gasteiger partial charge in [0.1, 0.15) is 6.04 Å². The molecule has 30 heavy (non-hydrogen) atoms. The van der Waals surface area contributed by atoms with Crippen molar-refractivity contribution in [1.29, 1.82) is 0 Å². The van der Waals surface area contributed by atoms with Gasteiger partial charge in [0.05, 0.1) is 6.42 Å². The van der Waals surface area contributed by atoms with E-state index in [0.29, 0.717) is 18.0 Å². The van der Waals surface area contributed by atoms with Crippen molar-refractivity contribution in [3.05, 3.63) is 69.7 Å². The lowest BCUT2D eigenvalue weighted by Gasteiger charge is -2.33. The second-order valence-corrected chi connectivity index (χ2v) is 9.36. The lowest BCUT2D eigenvalue weighted by molar-refractivity contribution is -0.141. The summed E-state index contributed by atoms with van der Waals surface area (Å²) in [5, 5.41) is 3.61. The summed E-state index contributed by atoms with van der Waals surface area (Å²) in [7, 11) is 0. The highest BCUT2D eigenvalue weighted by Crippen LogP contribution is 2.21. The van der Waals surface area contributed by atoms with Gasteiger partial charge in [-0.05, 0) is 58.2 Å². The number of benzene rings is 2. The first-order valence-electron chi connectivity index (χ1n) is 10.4. The van der Waals surface area contributed by atoms with Crippen LogP contribution in [0, 0.1) is 13.8 Å². The summed E-state index contributed by atoms with van der Waals surface area (Å²) in [4.78, 5) is 28.1. The normalized spacial score (nSPS) is 12.4. The van der Waals surface area contributed by atoms with Crippen LogP contribution in [0.3, 0.4) is 0 Å². The van der Waals surface area contributed by atoms with E-state index < -0.39 is 6.04 Å². The van der Waals surface area contributed by atoms with Crippen LogP contribution in [0.25, 0.3) is 0 Å². The van der Waals surface area contributed by atoms with Crippen LogP contribution in [0.1, 0.15) is 56.4 Å². The van der Waals surface area contributed by atoms with Gasteiger partial charge in [0.25, 0.3) is 0 Å². The Labute approximate surface area is 185 Å². The maximum Gasteiger partial charge on any atom is 0.243 e. The number of carbonyl (C=O) groups excluding carboxylic acids is 2. The number of aryl methyl sites for hydroxylation is 2. The molecule has 5 heteroatoms. The maximum atomic E-state index is 13.4. The first kappa shape index (κ1) is 23.9. The molecule has 2 amide bonds. The monoisotopic (exact) mass is 428 g/mol. The summed E-state index contributed by atoms with van der Waals surface area (Å²) in [5.74, 6) is -0.235. The molecule has 2 rings (SSSR count). The zero-order valence-corrected chi connectivity index (χ0v) is 19.6. The van der Waals surface area contributed by atoms with Gasteiger partial charge in [0.2, 0.25) is 11.8 Å². The average molecular weight is 429 g/mol. The number of rotatable bonds is 7. The zero-order valence-electron chi connectivity index (χ0n) is 18.9. The third-order valence-electron chi connectivity index (χ3n) is 4.82. The summed E-state index contributed by atoms with van der Waals surface area (Å²) in [5.41, 5.74) is 3.64. The summed E-state index contributed by atoms with van der Waals surface area (Å²) in [6.07, 6.45) is 0.761. The molecule has 2 aromatic rings. The van der Waals surface area contributed by atoms with Gasteiger partial charge in [-0.25, -0.2) is 0 Å². The van der Waals surface area contributed by atoms with Crippen molar-refractivity contribution in [2.75, 3.05) is 0 Å². The Bertz CT molecular complexity index is 882. The summed E-state index contributed by atoms with van der Waals surface area (Å²) in [6.45, 7) is 12.1. The molecule has 0 fully saturated rings. The van der Waals surface area contributed by atoms with E-state index in [0.717, 1.165) is 22.3 Å². The maximum absolute atomic E-state index is 13.4. The Kier molecular flexibility index (Phi) is 8.08. The van der Waals surface area contributed by atoms with Gasteiger partial charge in [0.15, 0.2) is 0 Å². The highest BCUT2D eigenvalue weighted by Gasteiger charge is 2.31. The first-order chi connectivity index (χ1) is 14.0. The largest absolute Gasteiger partial charge is 0.350 e. The van der Waals surface area contributed by atoms with Gasteiger partial charge in [-0.1, -0.05) is 66.0 Å². The van der Waals surface area contributed by atoms with Gasteiger partial charge < -0.3 is 10.2 Å². The molecule has 1 unspecified atom stereocenters. The van der Waals surface area contributed by atoms with Crippen molar-refractivity contribution >= 4 is 23.4 Å². The Morgan fingerprint density at radius 2 is 1.67 bits per heavy atom. The Morgan fingerprint density at radius 1 is 1.07 bits per heavy atom. The zero-order chi connectivity index (χ0) is 22.5. The molecule has 0 bridgehead atoms. The van der Waals surface area contributed by atoms with Gasteiger partial charge in [-0.15, -0.1) is 0 Å². The lowest BCUT2D eigenvalue weighted by Crippen LogP contribution is -2.53. The van der Waals surface area contributed by atoms with Gasteiger partial charge in [-0.3, -0.25) is 9.59 Å². The molecule has 0 aliphatic rings. The minimum absolute atomic E-state index is 0.0872. The number of hydrogen-bond acceptors (Lipinski definition) is 2. The molecule has 1 N–H and O–H groups in total. The van der Waals surface area contributed by atoms with E-state index in [9.17, 15) is 9.59 Å². The summed E-state index contributed by atoms with van der Waals surface area (Å²) < 4.78 is 0. The molecule has 0 aliphatic carbocycles. The van der Waals surface area contributed by atoms with Crippen molar-refractivity contribution in [3.63, 3.8) is 0 Å². The number of nitrogens with one attached hydrogen (secondary N) is 1. The van der Waals surface area contributed by atoms with Crippen LogP contribution in [-0.2, 0) is 22.6 Å². The fraction of sp³-hybridized carbons (Fsp3) is 0.440. The van der Waals surface area contributed by atoms with E-state index in [1.807, 2.05) is 71.9 Å². The van der Waals surface area contributed by atoms with Crippen LogP contribution in [-0.4, -0.2) is 28.3 Å². The molecule has 0 saturated heterocycles. The van der Waals surface area contributed by atoms with Gasteiger partial charge >= 0.3 is 0 Å². The Morgan fingerprint density at radius 3 is 2.20 bits per heavy atom. The van der Waals surface area contributed by atoms with Crippen molar-refractivity contribution in [3.8, 4) is 0 Å². The standard InChI is InChI=1S/C25H33ClN2O2/c1-7-22(24(30)27-25(4,5)6)28(16-20-10-8-9-11-21(20)26)23(29)15-19-13-17(2)12-18(3)14-19/h8-14,22H,7,15-16H2,1-6H3,(H,27,30). The smallest absolute Gasteiger partial charge is 0.243 e. The fourth-order valence-electron chi connectivity index (χ4n) is 3.63. The molecule has 162 valence electrons. The van der Waals surface area contributed by atoms with Gasteiger partial charge in [0, 0.05) is 17.1 Å². The SMILES string of the molecule is CCC(C(=O)NC(C)(C)C)N(Cc1ccccc1Cl)C(=O)Cc1cc(C)cc(C)c1. The number of hydrogen-bond donors (Lipinski definition) is 1. The lowest BCUT2D eigenvalue weighted by atomic mass is 10.0. The predicted molar refractivity (Wildman–Crippen MR) is 124 cm³/mol. The molecule has 0 radical (unpaired) electrons. The quantitative estimate of drug-likeness (QED) is 0.657. The van der Waals surface area contributed by atoms with Crippen LogP contribution in [0.15, 0.2) is 42.5 Å². The molecule has 0 heterocycles. The first-order valence-corrected chi connectivity index (χ1v) is 10.8. The van der Waals surface area contributed by atoms with Crippen molar-refractivity contribution in [1.82, 2.24) is 10.2 Å². The number of halogens is 1. The third kappa shape index (κ3) is 6.88. The summed E-state index contributed by atoms with van der Waals surface area (Å²) in [6, 6.07) is 13.0. The van der Waals surface area contributed by atoms with Crippen LogP contribution >= 0.6 is 11.6 Å². The van der Waals surface area contributed by atoms with Crippen LogP contribution in [0.5, 0.6) is 0 Å². The molecule has 2 aromatic carbocycles. The Hall–Kier alpha value is -2.33. The highest BCUT2D eigenvalue weighted by molar-refractivity contribution is 6.31. The number of amides is 2. The van der Waals surface area contributed by atoms with E-state index in [-0.39, 0.29) is 23.8 Å². The van der Waals surface area contributed by atoms with Crippen LogP contribution in [0.2, 0.25) is 5.02 Å². The number of carbonyl (C=O) groups is 2. The number of nitrogens with zero attached hydrogens (tertiary/aromatic N) is 1. The molecule has 0 spiro atoms. The molecule has 0 saturated carbocycles. The second-order valence-electron chi connectivity index (χ2n) is 8.95. The predicted octanol–water partition coefficient (Wildman–Crippen LogP) is 5.22. The topological polar surface area (TPSA) is 49.4 Å². The molecule has 4 nitrogen and oxygen atoms in total. The van der Waals surface area contributed by atoms with Crippen molar-refractivity contribution in [2.45, 2.75) is 72.5 Å². The molecular formula is C25H33ClN2O2. The highest BCUT2D eigenvalue weighted by atomic mass is 35.5. The molecule has 0 aromatic heterocycles. The molecular weight excluding hydrogens is 396 g/mol. The van der Waals surface area contributed by atoms with Crippen LogP contribution in [0.4, 0.5) is 0 Å². The van der Waals surface area contributed by atoms with E-state index in [2.05, 4.69) is 11.4 Å². The van der Waals surface area contributed by atoms with E-state index >= 15 is 0 Å². The third-order valence-corrected chi connectivity index (χ3v) is 5.19. The minimum atomic E-state index is -0.570. The van der Waals surface area contributed by atoms with Crippen molar-refractivity contribution < 1.29 is 9.59 Å². The summed E-state index contributed by atoms with van der Waals surface area (Å²) >= 11 is 6.37. The minimum Gasteiger partial charge on any atom is -0.350 e. The van der Waals surface area contributed by atoms with Crippen LogP contribution < -0.4 is 5.32 Å². The fourth-order valence-corrected chi connectivity index (χ4v) is 3.83.